The Balaban J connectivity index is 2.66. The van der Waals surface area contributed by atoms with Gasteiger partial charge in [0.15, 0.2) is 0 Å². The van der Waals surface area contributed by atoms with Gasteiger partial charge in [-0.2, -0.15) is 13.2 Å². The smallest absolute Gasteiger partial charge is 0.395 e. The van der Waals surface area contributed by atoms with Crippen LogP contribution in [0.1, 0.15) is 26.2 Å². The Morgan fingerprint density at radius 2 is 1.95 bits per heavy atom. The van der Waals surface area contributed by atoms with Gasteiger partial charge in [0.25, 0.3) is 0 Å². The Bertz CT molecular complexity index is 282. The van der Waals surface area contributed by atoms with Crippen molar-refractivity contribution in [1.29, 1.82) is 0 Å². The zero-order valence-electron chi connectivity index (χ0n) is 12.7. The summed E-state index contributed by atoms with van der Waals surface area (Å²) in [7, 11) is 0. The average molecular weight is 312 g/mol. The van der Waals surface area contributed by atoms with Crippen LogP contribution >= 0.6 is 0 Å². The summed E-state index contributed by atoms with van der Waals surface area (Å²) < 4.78 is 43.3. The minimum Gasteiger partial charge on any atom is -0.395 e. The summed E-state index contributed by atoms with van der Waals surface area (Å²) in [4.78, 5) is 1.32. The van der Waals surface area contributed by atoms with E-state index in [0.717, 1.165) is 25.8 Å². The van der Waals surface area contributed by atoms with Crippen LogP contribution in [0.5, 0.6) is 0 Å². The Morgan fingerprint density at radius 3 is 2.48 bits per heavy atom. The van der Waals surface area contributed by atoms with E-state index in [0.29, 0.717) is 26.3 Å². The second-order valence-electron chi connectivity index (χ2n) is 5.84. The van der Waals surface area contributed by atoms with Crippen molar-refractivity contribution in [2.45, 2.75) is 32.4 Å². The van der Waals surface area contributed by atoms with E-state index >= 15 is 0 Å². The lowest BCUT2D eigenvalue weighted by molar-refractivity contribution is -0.152. The Morgan fingerprint density at radius 1 is 1.29 bits per heavy atom. The molecule has 0 unspecified atom stereocenters. The number of aliphatic hydroxyl groups is 1. The summed E-state index contributed by atoms with van der Waals surface area (Å²) in [5, 5.41) is 12.3. The Hall–Kier alpha value is -0.370. The molecule has 0 amide bonds. The molecule has 0 atom stereocenters. The lowest BCUT2D eigenvalue weighted by Crippen LogP contribution is -2.50. The highest BCUT2D eigenvalue weighted by atomic mass is 19.4. The number of aliphatic hydroxyl groups excluding tert-OH is 1. The molecule has 1 fully saturated rings. The maximum Gasteiger partial charge on any atom is 0.401 e. The van der Waals surface area contributed by atoms with Crippen LogP contribution < -0.4 is 5.32 Å². The standard InChI is InChI=1S/C14H27F3N2O2/c1-2-5-18-10-13(3-8-21-9-4-13)11-19(6-7-20)12-14(15,16)17/h18,20H,2-12H2,1H3. The molecule has 1 saturated heterocycles. The van der Waals surface area contributed by atoms with Crippen molar-refractivity contribution >= 4 is 0 Å². The number of nitrogens with zero attached hydrogens (tertiary/aromatic N) is 1. The molecule has 126 valence electrons. The normalized spacial score (nSPS) is 19.1. The monoisotopic (exact) mass is 312 g/mol. The second-order valence-corrected chi connectivity index (χ2v) is 5.84. The van der Waals surface area contributed by atoms with Crippen LogP contribution in [0.3, 0.4) is 0 Å². The molecule has 1 aliphatic rings. The molecule has 4 nitrogen and oxygen atoms in total. The molecule has 0 bridgehead atoms. The van der Waals surface area contributed by atoms with Gasteiger partial charge in [-0.3, -0.25) is 4.90 Å². The minimum absolute atomic E-state index is 0.0515. The molecule has 0 spiro atoms. The molecule has 21 heavy (non-hydrogen) atoms. The zero-order valence-corrected chi connectivity index (χ0v) is 12.7. The first-order valence-corrected chi connectivity index (χ1v) is 7.59. The summed E-state index contributed by atoms with van der Waals surface area (Å²) in [5.41, 5.74) is -0.201. The largest absolute Gasteiger partial charge is 0.401 e. The SMILES string of the molecule is CCCNCC1(CN(CCO)CC(F)(F)F)CCOCC1. The van der Waals surface area contributed by atoms with Crippen LogP contribution in [-0.2, 0) is 4.74 Å². The maximum atomic E-state index is 12.7. The van der Waals surface area contributed by atoms with Gasteiger partial charge in [-0.1, -0.05) is 6.92 Å². The van der Waals surface area contributed by atoms with Crippen molar-refractivity contribution < 1.29 is 23.0 Å². The van der Waals surface area contributed by atoms with E-state index in [1.807, 2.05) is 0 Å². The molecule has 0 radical (unpaired) electrons. The molecule has 0 aromatic heterocycles. The molecular weight excluding hydrogens is 285 g/mol. The third-order valence-corrected chi connectivity index (χ3v) is 3.86. The van der Waals surface area contributed by atoms with Gasteiger partial charge in [-0.15, -0.1) is 0 Å². The predicted molar refractivity (Wildman–Crippen MR) is 75.2 cm³/mol. The Labute approximate surface area is 124 Å². The number of ether oxygens (including phenoxy) is 1. The molecule has 0 aliphatic carbocycles. The molecule has 7 heteroatoms. The quantitative estimate of drug-likeness (QED) is 0.635. The van der Waals surface area contributed by atoms with Gasteiger partial charge in [0.05, 0.1) is 13.2 Å². The van der Waals surface area contributed by atoms with Crippen molar-refractivity contribution in [3.8, 4) is 0 Å². The van der Waals surface area contributed by atoms with Gasteiger partial charge in [-0.05, 0) is 31.2 Å². The summed E-state index contributed by atoms with van der Waals surface area (Å²) in [6.45, 7) is 3.97. The van der Waals surface area contributed by atoms with Crippen molar-refractivity contribution in [1.82, 2.24) is 10.2 Å². The highest BCUT2D eigenvalue weighted by molar-refractivity contribution is 4.87. The molecule has 2 N–H and O–H groups in total. The number of alkyl halides is 3. The van der Waals surface area contributed by atoms with E-state index in [9.17, 15) is 13.2 Å². The maximum absolute atomic E-state index is 12.7. The van der Waals surface area contributed by atoms with Gasteiger partial charge < -0.3 is 15.2 Å². The van der Waals surface area contributed by atoms with E-state index in [-0.39, 0.29) is 18.6 Å². The van der Waals surface area contributed by atoms with Crippen molar-refractivity contribution in [2.24, 2.45) is 5.41 Å². The van der Waals surface area contributed by atoms with Crippen LogP contribution in [0.2, 0.25) is 0 Å². The highest BCUT2D eigenvalue weighted by Crippen LogP contribution is 2.32. The van der Waals surface area contributed by atoms with E-state index in [2.05, 4.69) is 12.2 Å². The Kier molecular flexibility index (Phi) is 7.94. The number of hydrogen-bond donors (Lipinski definition) is 2. The first kappa shape index (κ1) is 18.7. The number of rotatable bonds is 9. The molecular formula is C14H27F3N2O2. The van der Waals surface area contributed by atoms with Crippen LogP contribution in [0.15, 0.2) is 0 Å². The van der Waals surface area contributed by atoms with E-state index in [1.165, 1.54) is 4.90 Å². The van der Waals surface area contributed by atoms with Crippen LogP contribution in [0.4, 0.5) is 13.2 Å². The average Bonchev–Trinajstić information content (AvgIpc) is 2.38. The van der Waals surface area contributed by atoms with Crippen LogP contribution in [0.25, 0.3) is 0 Å². The lowest BCUT2D eigenvalue weighted by Gasteiger charge is -2.41. The van der Waals surface area contributed by atoms with Crippen LogP contribution in [0, 0.1) is 5.41 Å². The second kappa shape index (κ2) is 8.92. The minimum atomic E-state index is -4.24. The number of nitrogens with one attached hydrogen (secondary N) is 1. The summed E-state index contributed by atoms with van der Waals surface area (Å²) in [6, 6.07) is 0. The number of hydrogen-bond acceptors (Lipinski definition) is 4. The summed E-state index contributed by atoms with van der Waals surface area (Å²) in [6.07, 6.45) is -1.74. The first-order valence-electron chi connectivity index (χ1n) is 7.59. The van der Waals surface area contributed by atoms with Gasteiger partial charge >= 0.3 is 6.18 Å². The fraction of sp³-hybridized carbons (Fsp3) is 1.00. The molecule has 0 aromatic carbocycles. The van der Waals surface area contributed by atoms with Gasteiger partial charge in [0, 0.05) is 32.8 Å². The fourth-order valence-electron chi connectivity index (χ4n) is 2.81. The molecule has 1 heterocycles. The third kappa shape index (κ3) is 7.44. The summed E-state index contributed by atoms with van der Waals surface area (Å²) in [5.74, 6) is 0. The van der Waals surface area contributed by atoms with Crippen molar-refractivity contribution in [2.75, 3.05) is 52.5 Å². The topological polar surface area (TPSA) is 44.7 Å². The molecule has 1 aliphatic heterocycles. The summed E-state index contributed by atoms with van der Waals surface area (Å²) >= 11 is 0. The highest BCUT2D eigenvalue weighted by Gasteiger charge is 2.37. The van der Waals surface area contributed by atoms with Gasteiger partial charge in [0.2, 0.25) is 0 Å². The van der Waals surface area contributed by atoms with Crippen molar-refractivity contribution in [3.05, 3.63) is 0 Å². The lowest BCUT2D eigenvalue weighted by atomic mass is 9.79. The fourth-order valence-corrected chi connectivity index (χ4v) is 2.81. The third-order valence-electron chi connectivity index (χ3n) is 3.86. The van der Waals surface area contributed by atoms with Crippen LogP contribution in [-0.4, -0.2) is 68.7 Å². The molecule has 1 rings (SSSR count). The van der Waals surface area contributed by atoms with Gasteiger partial charge in [0.1, 0.15) is 0 Å². The van der Waals surface area contributed by atoms with E-state index in [4.69, 9.17) is 9.84 Å². The molecule has 0 aromatic rings. The van der Waals surface area contributed by atoms with Gasteiger partial charge in [-0.25, -0.2) is 0 Å². The van der Waals surface area contributed by atoms with E-state index in [1.54, 1.807) is 0 Å². The zero-order chi connectivity index (χ0) is 15.8. The van der Waals surface area contributed by atoms with E-state index < -0.39 is 12.7 Å². The van der Waals surface area contributed by atoms with Crippen molar-refractivity contribution in [3.63, 3.8) is 0 Å². The predicted octanol–water partition coefficient (Wildman–Crippen LogP) is 1.64. The number of halogens is 3. The molecule has 0 saturated carbocycles. The first-order chi connectivity index (χ1) is 9.91.